The van der Waals surface area contributed by atoms with Gasteiger partial charge in [0.05, 0.1) is 23.5 Å². The summed E-state index contributed by atoms with van der Waals surface area (Å²) < 4.78 is 1.63. The molecule has 2 aromatic rings. The van der Waals surface area contributed by atoms with Gasteiger partial charge in [-0.15, -0.1) is 0 Å². The second kappa shape index (κ2) is 5.59. The lowest BCUT2D eigenvalue weighted by Gasteiger charge is -2.19. The monoisotopic (exact) mass is 248 g/mol. The maximum Gasteiger partial charge on any atom is 0.257 e. The van der Waals surface area contributed by atoms with E-state index in [2.05, 4.69) is 10.1 Å². The molecule has 0 saturated carbocycles. The van der Waals surface area contributed by atoms with Crippen molar-refractivity contribution < 1.29 is 9.90 Å². The van der Waals surface area contributed by atoms with E-state index in [9.17, 15) is 4.79 Å². The first kappa shape index (κ1) is 12.5. The first-order chi connectivity index (χ1) is 8.77. The van der Waals surface area contributed by atoms with Gasteiger partial charge >= 0.3 is 0 Å². The van der Waals surface area contributed by atoms with Crippen molar-refractivity contribution in [3.63, 3.8) is 0 Å². The fraction of sp³-hybridized carbons (Fsp3) is 0.417. The molecule has 0 aliphatic rings. The zero-order valence-corrected chi connectivity index (χ0v) is 10.3. The zero-order chi connectivity index (χ0) is 13.0. The largest absolute Gasteiger partial charge is 0.396 e. The van der Waals surface area contributed by atoms with Crippen molar-refractivity contribution in [3.8, 4) is 0 Å². The molecule has 18 heavy (non-hydrogen) atoms. The summed E-state index contributed by atoms with van der Waals surface area (Å²) in [5, 5.41) is 12.9. The third kappa shape index (κ3) is 2.33. The van der Waals surface area contributed by atoms with Crippen LogP contribution in [0.15, 0.2) is 24.8 Å². The van der Waals surface area contributed by atoms with Crippen molar-refractivity contribution in [3.05, 3.63) is 30.4 Å². The zero-order valence-electron chi connectivity index (χ0n) is 10.3. The fourth-order valence-corrected chi connectivity index (χ4v) is 1.83. The van der Waals surface area contributed by atoms with Crippen LogP contribution in [0.2, 0.25) is 0 Å². The Hall–Kier alpha value is -1.95. The number of amides is 1. The number of carbonyl (C=O) groups excluding carboxylic acids is 1. The van der Waals surface area contributed by atoms with Gasteiger partial charge in [0.25, 0.3) is 5.91 Å². The molecular formula is C12H16N4O2. The van der Waals surface area contributed by atoms with Crippen molar-refractivity contribution in [1.29, 1.82) is 0 Å². The lowest BCUT2D eigenvalue weighted by molar-refractivity contribution is 0.0756. The Kier molecular flexibility index (Phi) is 3.88. The molecular weight excluding hydrogens is 232 g/mol. The summed E-state index contributed by atoms with van der Waals surface area (Å²) in [5.74, 6) is -0.0750. The number of fused-ring (bicyclic) bond motifs is 1. The van der Waals surface area contributed by atoms with Crippen LogP contribution in [0.1, 0.15) is 23.7 Å². The first-order valence-corrected chi connectivity index (χ1v) is 5.95. The lowest BCUT2D eigenvalue weighted by Crippen LogP contribution is -2.32. The third-order valence-electron chi connectivity index (χ3n) is 2.81. The summed E-state index contributed by atoms with van der Waals surface area (Å²) >= 11 is 0. The summed E-state index contributed by atoms with van der Waals surface area (Å²) in [6, 6.07) is 0. The van der Waals surface area contributed by atoms with Gasteiger partial charge in [0, 0.05) is 32.1 Å². The molecule has 1 amide bonds. The van der Waals surface area contributed by atoms with E-state index in [0.717, 1.165) is 0 Å². The maximum atomic E-state index is 12.3. The normalized spacial score (nSPS) is 10.8. The first-order valence-electron chi connectivity index (χ1n) is 5.95. The molecule has 2 aromatic heterocycles. The molecule has 96 valence electrons. The van der Waals surface area contributed by atoms with Gasteiger partial charge in [-0.1, -0.05) is 0 Å². The number of hydrogen-bond donors (Lipinski definition) is 1. The fourth-order valence-electron chi connectivity index (χ4n) is 1.83. The molecule has 2 heterocycles. The van der Waals surface area contributed by atoms with Crippen molar-refractivity contribution in [2.24, 2.45) is 0 Å². The number of hydrogen-bond acceptors (Lipinski definition) is 4. The molecule has 2 rings (SSSR count). The summed E-state index contributed by atoms with van der Waals surface area (Å²) in [6.07, 6.45) is 7.09. The van der Waals surface area contributed by atoms with Gasteiger partial charge < -0.3 is 10.0 Å². The highest BCUT2D eigenvalue weighted by Crippen LogP contribution is 2.12. The molecule has 1 N–H and O–H groups in total. The predicted octanol–water partition coefficient (Wildman–Crippen LogP) is 0.574. The Morgan fingerprint density at radius 1 is 1.50 bits per heavy atom. The number of aliphatic hydroxyl groups excluding tert-OH is 1. The van der Waals surface area contributed by atoms with Crippen LogP contribution >= 0.6 is 0 Å². The summed E-state index contributed by atoms with van der Waals surface area (Å²) in [6.45, 7) is 3.15. The molecule has 0 aliphatic carbocycles. The maximum absolute atomic E-state index is 12.3. The van der Waals surface area contributed by atoms with Crippen molar-refractivity contribution in [2.45, 2.75) is 13.3 Å². The highest BCUT2D eigenvalue weighted by molar-refractivity contribution is 6.00. The Balaban J connectivity index is 2.26. The summed E-state index contributed by atoms with van der Waals surface area (Å²) in [4.78, 5) is 18.0. The molecule has 0 saturated heterocycles. The van der Waals surface area contributed by atoms with Crippen molar-refractivity contribution in [1.82, 2.24) is 19.5 Å². The van der Waals surface area contributed by atoms with Gasteiger partial charge in [-0.25, -0.2) is 4.52 Å². The van der Waals surface area contributed by atoms with Gasteiger partial charge in [0.2, 0.25) is 0 Å². The van der Waals surface area contributed by atoms with E-state index < -0.39 is 0 Å². The SMILES string of the molecule is CCN(CCCO)C(=O)c1cnn2ccncc12. The van der Waals surface area contributed by atoms with Crippen LogP contribution in [-0.2, 0) is 0 Å². The topological polar surface area (TPSA) is 70.7 Å². The van der Waals surface area contributed by atoms with E-state index in [4.69, 9.17) is 5.11 Å². The van der Waals surface area contributed by atoms with Crippen LogP contribution in [0.3, 0.4) is 0 Å². The number of carbonyl (C=O) groups is 1. The molecule has 0 spiro atoms. The van der Waals surface area contributed by atoms with Crippen LogP contribution < -0.4 is 0 Å². The molecule has 0 atom stereocenters. The Labute approximate surface area is 105 Å². The quantitative estimate of drug-likeness (QED) is 0.840. The average molecular weight is 248 g/mol. The third-order valence-corrected chi connectivity index (χ3v) is 2.81. The Morgan fingerprint density at radius 2 is 2.33 bits per heavy atom. The predicted molar refractivity (Wildman–Crippen MR) is 66.3 cm³/mol. The molecule has 0 radical (unpaired) electrons. The minimum absolute atomic E-state index is 0.0750. The van der Waals surface area contributed by atoms with Gasteiger partial charge in [-0.3, -0.25) is 9.78 Å². The Bertz CT molecular complexity index is 538. The number of rotatable bonds is 5. The second-order valence-electron chi connectivity index (χ2n) is 3.93. The van der Waals surface area contributed by atoms with Gasteiger partial charge in [0.1, 0.15) is 0 Å². The Morgan fingerprint density at radius 3 is 3.06 bits per heavy atom. The van der Waals surface area contributed by atoms with Gasteiger partial charge in [0.15, 0.2) is 0 Å². The van der Waals surface area contributed by atoms with Crippen LogP contribution in [0, 0.1) is 0 Å². The smallest absolute Gasteiger partial charge is 0.257 e. The highest BCUT2D eigenvalue weighted by Gasteiger charge is 2.18. The van der Waals surface area contributed by atoms with Crippen LogP contribution in [-0.4, -0.2) is 50.2 Å². The molecule has 0 aliphatic heterocycles. The number of aromatic nitrogens is 3. The minimum Gasteiger partial charge on any atom is -0.396 e. The number of aliphatic hydroxyl groups is 1. The summed E-state index contributed by atoms with van der Waals surface area (Å²) in [7, 11) is 0. The second-order valence-corrected chi connectivity index (χ2v) is 3.93. The van der Waals surface area contributed by atoms with Crippen LogP contribution in [0.25, 0.3) is 5.52 Å². The van der Waals surface area contributed by atoms with Crippen LogP contribution in [0.4, 0.5) is 0 Å². The van der Waals surface area contributed by atoms with E-state index in [-0.39, 0.29) is 12.5 Å². The van der Waals surface area contributed by atoms with E-state index in [1.165, 1.54) is 0 Å². The average Bonchev–Trinajstić information content (AvgIpc) is 2.83. The molecule has 0 aromatic carbocycles. The van der Waals surface area contributed by atoms with Crippen LogP contribution in [0.5, 0.6) is 0 Å². The minimum atomic E-state index is -0.0750. The molecule has 6 heteroatoms. The highest BCUT2D eigenvalue weighted by atomic mass is 16.3. The molecule has 6 nitrogen and oxygen atoms in total. The lowest BCUT2D eigenvalue weighted by atomic mass is 10.2. The molecule has 0 bridgehead atoms. The van der Waals surface area contributed by atoms with E-state index in [1.807, 2.05) is 6.92 Å². The standard InChI is InChI=1S/C12H16N4O2/c1-2-15(5-3-7-17)12(18)10-8-14-16-6-4-13-9-11(10)16/h4,6,8-9,17H,2-3,5,7H2,1H3. The number of nitrogens with zero attached hydrogens (tertiary/aromatic N) is 4. The molecule has 0 fully saturated rings. The molecule has 0 unspecified atom stereocenters. The van der Waals surface area contributed by atoms with E-state index in [1.54, 1.807) is 34.2 Å². The van der Waals surface area contributed by atoms with E-state index in [0.29, 0.717) is 30.6 Å². The van der Waals surface area contributed by atoms with Crippen molar-refractivity contribution in [2.75, 3.05) is 19.7 Å². The van der Waals surface area contributed by atoms with Gasteiger partial charge in [-0.2, -0.15) is 5.10 Å². The summed E-state index contributed by atoms with van der Waals surface area (Å²) in [5.41, 5.74) is 1.24. The van der Waals surface area contributed by atoms with Crippen molar-refractivity contribution >= 4 is 11.4 Å². The van der Waals surface area contributed by atoms with Gasteiger partial charge in [-0.05, 0) is 13.3 Å². The van der Waals surface area contributed by atoms with E-state index >= 15 is 0 Å².